The topological polar surface area (TPSA) is 40.6 Å². The van der Waals surface area contributed by atoms with Gasteiger partial charge in [-0.25, -0.2) is 8.78 Å². The van der Waals surface area contributed by atoms with Gasteiger partial charge in [0.1, 0.15) is 11.6 Å². The summed E-state index contributed by atoms with van der Waals surface area (Å²) in [5, 5.41) is 0. The third-order valence-electron chi connectivity index (χ3n) is 4.88. The van der Waals surface area contributed by atoms with Crippen LogP contribution in [-0.2, 0) is 22.4 Å². The van der Waals surface area contributed by atoms with Crippen molar-refractivity contribution in [2.75, 3.05) is 26.2 Å². The zero-order valence-corrected chi connectivity index (χ0v) is 16.9. The van der Waals surface area contributed by atoms with E-state index in [0.717, 1.165) is 5.56 Å². The van der Waals surface area contributed by atoms with Crippen molar-refractivity contribution in [3.63, 3.8) is 0 Å². The monoisotopic (exact) mass is 450 g/mol. The maximum atomic E-state index is 13.9. The second kappa shape index (κ2) is 9.28. The molecule has 0 N–H and O–H groups in total. The highest BCUT2D eigenvalue weighted by Crippen LogP contribution is 2.17. The van der Waals surface area contributed by atoms with Crippen LogP contribution in [0.3, 0.4) is 0 Å². The van der Waals surface area contributed by atoms with Gasteiger partial charge in [-0.15, -0.1) is 0 Å². The molecule has 0 radical (unpaired) electrons. The van der Waals surface area contributed by atoms with E-state index in [1.54, 1.807) is 34.1 Å². The zero-order valence-electron chi connectivity index (χ0n) is 15.3. The molecule has 28 heavy (non-hydrogen) atoms. The second-order valence-corrected chi connectivity index (χ2v) is 7.72. The Kier molecular flexibility index (Phi) is 6.78. The number of aryl methyl sites for hydroxylation is 1. The molecule has 3 rings (SSSR count). The summed E-state index contributed by atoms with van der Waals surface area (Å²) in [7, 11) is 0. The molecule has 1 aliphatic rings. The molecule has 1 heterocycles. The summed E-state index contributed by atoms with van der Waals surface area (Å²) in [6.07, 6.45) is 0.806. The van der Waals surface area contributed by atoms with Crippen molar-refractivity contribution in [2.24, 2.45) is 0 Å². The summed E-state index contributed by atoms with van der Waals surface area (Å²) >= 11 is 3.22. The number of amides is 2. The van der Waals surface area contributed by atoms with Gasteiger partial charge < -0.3 is 9.80 Å². The first-order valence-electron chi connectivity index (χ1n) is 9.16. The lowest BCUT2D eigenvalue weighted by Gasteiger charge is -2.35. The van der Waals surface area contributed by atoms with E-state index in [9.17, 15) is 18.4 Å². The van der Waals surface area contributed by atoms with Gasteiger partial charge in [-0.3, -0.25) is 9.59 Å². The normalized spacial score (nSPS) is 14.2. The van der Waals surface area contributed by atoms with Crippen LogP contribution in [0.2, 0.25) is 0 Å². The van der Waals surface area contributed by atoms with E-state index < -0.39 is 0 Å². The largest absolute Gasteiger partial charge is 0.339 e. The van der Waals surface area contributed by atoms with E-state index >= 15 is 0 Å². The van der Waals surface area contributed by atoms with E-state index in [1.807, 2.05) is 0 Å². The van der Waals surface area contributed by atoms with Gasteiger partial charge in [-0.1, -0.05) is 34.1 Å². The Balaban J connectivity index is 1.45. The van der Waals surface area contributed by atoms with Crippen LogP contribution in [0.15, 0.2) is 46.9 Å². The molecule has 0 aromatic heterocycles. The highest BCUT2D eigenvalue weighted by Gasteiger charge is 2.24. The molecule has 1 fully saturated rings. The molecular weight excluding hydrogens is 430 g/mol. The first kappa shape index (κ1) is 20.5. The number of carbonyl (C=O) groups excluding carboxylic acids is 2. The summed E-state index contributed by atoms with van der Waals surface area (Å²) in [5.41, 5.74) is 1.28. The maximum Gasteiger partial charge on any atom is 0.227 e. The zero-order chi connectivity index (χ0) is 20.1. The van der Waals surface area contributed by atoms with Crippen molar-refractivity contribution in [3.8, 4) is 0 Å². The van der Waals surface area contributed by atoms with E-state index in [-0.39, 0.29) is 36.3 Å². The number of hydrogen-bond acceptors (Lipinski definition) is 2. The van der Waals surface area contributed by atoms with E-state index in [2.05, 4.69) is 15.9 Å². The first-order chi connectivity index (χ1) is 13.4. The predicted octanol–water partition coefficient (Wildman–Crippen LogP) is 3.57. The van der Waals surface area contributed by atoms with Gasteiger partial charge in [0.25, 0.3) is 0 Å². The average Bonchev–Trinajstić information content (AvgIpc) is 2.69. The van der Waals surface area contributed by atoms with Crippen molar-refractivity contribution in [1.29, 1.82) is 0 Å². The molecule has 4 nitrogen and oxygen atoms in total. The number of halogens is 3. The number of piperazine rings is 1. The Morgan fingerprint density at radius 2 is 1.50 bits per heavy atom. The summed E-state index contributed by atoms with van der Waals surface area (Å²) in [6.45, 7) is 1.88. The molecule has 2 aromatic rings. The van der Waals surface area contributed by atoms with E-state index in [4.69, 9.17) is 0 Å². The SMILES string of the molecule is O=C(CCc1ccc(Br)cc1F)N1CCN(C(=O)Cc2ccc(F)cc2)CC1. The lowest BCUT2D eigenvalue weighted by atomic mass is 10.1. The van der Waals surface area contributed by atoms with Gasteiger partial charge in [0.05, 0.1) is 6.42 Å². The fourth-order valence-corrected chi connectivity index (χ4v) is 3.55. The number of rotatable bonds is 5. The van der Waals surface area contributed by atoms with Crippen molar-refractivity contribution >= 4 is 27.7 Å². The third kappa shape index (κ3) is 5.38. The molecule has 2 aromatic carbocycles. The molecule has 0 aliphatic carbocycles. The van der Waals surface area contributed by atoms with E-state index in [1.165, 1.54) is 18.2 Å². The Hall–Kier alpha value is -2.28. The number of benzene rings is 2. The molecule has 0 saturated carbocycles. The summed E-state index contributed by atoms with van der Waals surface area (Å²) in [4.78, 5) is 28.2. The summed E-state index contributed by atoms with van der Waals surface area (Å²) in [5.74, 6) is -0.715. The van der Waals surface area contributed by atoms with Crippen LogP contribution in [0, 0.1) is 11.6 Å². The Labute approximate surface area is 171 Å². The molecule has 0 atom stereocenters. The lowest BCUT2D eigenvalue weighted by Crippen LogP contribution is -2.51. The van der Waals surface area contributed by atoms with Crippen molar-refractivity contribution in [3.05, 3.63) is 69.7 Å². The molecule has 2 amide bonds. The molecular formula is C21H21BrF2N2O2. The highest BCUT2D eigenvalue weighted by atomic mass is 79.9. The number of carbonyl (C=O) groups is 2. The average molecular weight is 451 g/mol. The quantitative estimate of drug-likeness (QED) is 0.698. The van der Waals surface area contributed by atoms with Crippen LogP contribution in [0.1, 0.15) is 17.5 Å². The number of nitrogens with zero attached hydrogens (tertiary/aromatic N) is 2. The van der Waals surface area contributed by atoms with Crippen LogP contribution in [-0.4, -0.2) is 47.8 Å². The lowest BCUT2D eigenvalue weighted by molar-refractivity contribution is -0.139. The van der Waals surface area contributed by atoms with Gasteiger partial charge >= 0.3 is 0 Å². The third-order valence-corrected chi connectivity index (χ3v) is 5.37. The Bertz CT molecular complexity index is 850. The molecule has 0 unspecified atom stereocenters. The van der Waals surface area contributed by atoms with Crippen LogP contribution in [0.4, 0.5) is 8.78 Å². The molecule has 1 aliphatic heterocycles. The highest BCUT2D eigenvalue weighted by molar-refractivity contribution is 9.10. The van der Waals surface area contributed by atoms with Gasteiger partial charge in [0.2, 0.25) is 11.8 Å². The van der Waals surface area contributed by atoms with Crippen molar-refractivity contribution in [1.82, 2.24) is 9.80 Å². The minimum absolute atomic E-state index is 0.0318. The standard InChI is InChI=1S/C21H21BrF2N2O2/c22-17-5-3-16(19(24)14-17)4-8-20(27)25-9-11-26(12-10-25)21(28)13-15-1-6-18(23)7-2-15/h1-3,5-7,14H,4,8-13H2. The molecule has 1 saturated heterocycles. The Morgan fingerprint density at radius 3 is 2.11 bits per heavy atom. The molecule has 0 spiro atoms. The second-order valence-electron chi connectivity index (χ2n) is 6.80. The van der Waals surface area contributed by atoms with Crippen LogP contribution < -0.4 is 0 Å². The van der Waals surface area contributed by atoms with Crippen molar-refractivity contribution < 1.29 is 18.4 Å². The van der Waals surface area contributed by atoms with Gasteiger partial charge in [0.15, 0.2) is 0 Å². The molecule has 148 valence electrons. The van der Waals surface area contributed by atoms with Crippen LogP contribution in [0.25, 0.3) is 0 Å². The smallest absolute Gasteiger partial charge is 0.227 e. The van der Waals surface area contributed by atoms with Gasteiger partial charge in [-0.2, -0.15) is 0 Å². The minimum atomic E-state index is -0.327. The fourth-order valence-electron chi connectivity index (χ4n) is 3.22. The number of hydrogen-bond donors (Lipinski definition) is 0. The molecule has 0 bridgehead atoms. The molecule has 7 heteroatoms. The summed E-state index contributed by atoms with van der Waals surface area (Å²) in [6, 6.07) is 10.7. The van der Waals surface area contributed by atoms with Crippen molar-refractivity contribution in [2.45, 2.75) is 19.3 Å². The minimum Gasteiger partial charge on any atom is -0.339 e. The predicted molar refractivity (Wildman–Crippen MR) is 106 cm³/mol. The van der Waals surface area contributed by atoms with Crippen LogP contribution in [0.5, 0.6) is 0 Å². The van der Waals surface area contributed by atoms with Crippen LogP contribution >= 0.6 is 15.9 Å². The van der Waals surface area contributed by atoms with Gasteiger partial charge in [-0.05, 0) is 41.8 Å². The maximum absolute atomic E-state index is 13.9. The Morgan fingerprint density at radius 1 is 0.893 bits per heavy atom. The summed E-state index contributed by atoms with van der Waals surface area (Å²) < 4.78 is 27.5. The van der Waals surface area contributed by atoms with Gasteiger partial charge in [0, 0.05) is 37.1 Å². The fraction of sp³-hybridized carbons (Fsp3) is 0.333. The first-order valence-corrected chi connectivity index (χ1v) is 9.95. The van der Waals surface area contributed by atoms with E-state index in [0.29, 0.717) is 42.6 Å².